The first kappa shape index (κ1) is 35.2. The van der Waals surface area contributed by atoms with Crippen LogP contribution in [-0.2, 0) is 21.4 Å². The molecule has 0 bridgehead atoms. The summed E-state index contributed by atoms with van der Waals surface area (Å²) in [4.78, 5) is 48.8. The van der Waals surface area contributed by atoms with E-state index in [-0.39, 0.29) is 24.0 Å². The van der Waals surface area contributed by atoms with E-state index >= 15 is 0 Å². The van der Waals surface area contributed by atoms with Crippen LogP contribution in [0, 0.1) is 5.92 Å². The van der Waals surface area contributed by atoms with E-state index in [9.17, 15) is 19.5 Å². The van der Waals surface area contributed by atoms with Crippen LogP contribution in [0.15, 0.2) is 97.3 Å². The first-order valence-corrected chi connectivity index (χ1v) is 17.1. The molecule has 0 unspecified atom stereocenters. The van der Waals surface area contributed by atoms with E-state index in [1.807, 2.05) is 61.5 Å². The Kier molecular flexibility index (Phi) is 11.0. The zero-order valence-corrected chi connectivity index (χ0v) is 29.2. The smallest absolute Gasteiger partial charge is 0.325 e. The van der Waals surface area contributed by atoms with Gasteiger partial charge in [-0.15, -0.1) is 11.3 Å². The van der Waals surface area contributed by atoms with Crippen molar-refractivity contribution in [1.29, 1.82) is 0 Å². The number of hydrogen-bond acceptors (Lipinski definition) is 7. The number of Topliss-reactive ketones (excluding diaryl/α,β-unsaturated/α-hetero) is 1. The molecule has 2 aromatic heterocycles. The van der Waals surface area contributed by atoms with Crippen LogP contribution in [0.25, 0.3) is 33.6 Å². The third-order valence-corrected chi connectivity index (χ3v) is 9.77. The molecule has 5 rings (SSSR count). The van der Waals surface area contributed by atoms with E-state index < -0.39 is 23.8 Å². The van der Waals surface area contributed by atoms with Crippen LogP contribution in [0.2, 0.25) is 0 Å². The lowest BCUT2D eigenvalue weighted by atomic mass is 9.92. The third kappa shape index (κ3) is 9.06. The number of benzene rings is 3. The summed E-state index contributed by atoms with van der Waals surface area (Å²) in [6, 6.07) is 26.5. The molecule has 0 radical (unpaired) electrons. The van der Waals surface area contributed by atoms with Gasteiger partial charge in [-0.2, -0.15) is 0 Å². The number of carboxylic acids is 1. The molecule has 2 N–H and O–H groups in total. The van der Waals surface area contributed by atoms with Gasteiger partial charge in [0.25, 0.3) is 0 Å². The second-order valence-corrected chi connectivity index (χ2v) is 14.1. The number of rotatable bonds is 13. The van der Waals surface area contributed by atoms with Crippen LogP contribution in [-0.4, -0.2) is 45.4 Å². The minimum Gasteiger partial charge on any atom is -0.494 e. The van der Waals surface area contributed by atoms with Crippen molar-refractivity contribution in [2.75, 3.05) is 6.61 Å². The van der Waals surface area contributed by atoms with Crippen LogP contribution in [0.4, 0.5) is 0 Å². The predicted octanol–water partition coefficient (Wildman–Crippen LogP) is 8.26. The lowest BCUT2D eigenvalue weighted by molar-refractivity contribution is -0.141. The Bertz CT molecular complexity index is 1890. The molecule has 1 amide bonds. The number of nitrogens with one attached hydrogen (secondary N) is 1. The number of nitrogens with zero attached hydrogens (tertiary/aromatic N) is 2. The molecule has 0 fully saturated rings. The first-order chi connectivity index (χ1) is 23.4. The number of amides is 1. The van der Waals surface area contributed by atoms with Crippen LogP contribution < -0.4 is 10.1 Å². The number of thiophene rings is 1. The standard InChI is InChI=1S/C40H41N3O5S/c1-6-48-33-17-15-28(16-18-33)27-11-13-29(14-12-27)32-23-41-37(42-24-32)30-9-7-26(8-10-30)21-31(38(45)43-25(2)39(46)47)22-34(44)35-19-20-36(49-35)40(3,4)5/h7-20,23-25,31H,6,21-22H2,1-5H3,(H,43,45)(H,46,47)/t25-,31-/m1/s1. The molecule has 0 saturated carbocycles. The van der Waals surface area contributed by atoms with Gasteiger partial charge in [0.15, 0.2) is 11.6 Å². The molecule has 9 heteroatoms. The Morgan fingerprint density at radius 1 is 0.796 bits per heavy atom. The van der Waals surface area contributed by atoms with E-state index in [1.165, 1.54) is 18.3 Å². The lowest BCUT2D eigenvalue weighted by Crippen LogP contribution is -2.42. The molecule has 0 aliphatic heterocycles. The quantitative estimate of drug-likeness (QED) is 0.121. The van der Waals surface area contributed by atoms with Gasteiger partial charge < -0.3 is 15.2 Å². The summed E-state index contributed by atoms with van der Waals surface area (Å²) in [6.07, 6.45) is 3.84. The molecule has 252 valence electrons. The molecule has 0 saturated heterocycles. The highest BCUT2D eigenvalue weighted by molar-refractivity contribution is 7.14. The molecule has 0 aliphatic rings. The molecular weight excluding hydrogens is 635 g/mol. The topological polar surface area (TPSA) is 118 Å². The van der Waals surface area contributed by atoms with Crippen molar-refractivity contribution < 1.29 is 24.2 Å². The molecule has 3 aromatic carbocycles. The van der Waals surface area contributed by atoms with E-state index in [0.717, 1.165) is 44.0 Å². The van der Waals surface area contributed by atoms with Gasteiger partial charge in [-0.3, -0.25) is 14.4 Å². The fourth-order valence-electron chi connectivity index (χ4n) is 5.33. The molecule has 49 heavy (non-hydrogen) atoms. The Morgan fingerprint density at radius 3 is 1.88 bits per heavy atom. The molecule has 8 nitrogen and oxygen atoms in total. The molecule has 0 aliphatic carbocycles. The van der Waals surface area contributed by atoms with E-state index in [0.29, 0.717) is 17.3 Å². The highest BCUT2D eigenvalue weighted by atomic mass is 32.1. The van der Waals surface area contributed by atoms with Gasteiger partial charge in [-0.25, -0.2) is 9.97 Å². The van der Waals surface area contributed by atoms with Crippen LogP contribution in [0.1, 0.15) is 61.2 Å². The lowest BCUT2D eigenvalue weighted by Gasteiger charge is -2.18. The minimum atomic E-state index is -1.14. The number of aromatic nitrogens is 2. The monoisotopic (exact) mass is 675 g/mol. The van der Waals surface area contributed by atoms with Crippen molar-refractivity contribution in [3.05, 3.63) is 113 Å². The summed E-state index contributed by atoms with van der Waals surface area (Å²) in [5.74, 6) is -1.07. The Morgan fingerprint density at radius 2 is 1.35 bits per heavy atom. The Balaban J connectivity index is 1.26. The number of carbonyl (C=O) groups excluding carboxylic acids is 2. The summed E-state index contributed by atoms with van der Waals surface area (Å²) in [6.45, 7) is 10.3. The second kappa shape index (κ2) is 15.4. The van der Waals surface area contributed by atoms with Gasteiger partial charge in [-0.05, 0) is 72.2 Å². The van der Waals surface area contributed by atoms with Crippen molar-refractivity contribution in [3.8, 4) is 39.4 Å². The van der Waals surface area contributed by atoms with E-state index in [4.69, 9.17) is 4.74 Å². The number of carboxylic acid groups (broad SMARTS) is 1. The van der Waals surface area contributed by atoms with Gasteiger partial charge in [-0.1, -0.05) is 81.4 Å². The van der Waals surface area contributed by atoms with Crippen LogP contribution in [0.5, 0.6) is 5.75 Å². The fraction of sp³-hybridized carbons (Fsp3) is 0.275. The Labute approximate surface area is 291 Å². The van der Waals surface area contributed by atoms with Crippen molar-refractivity contribution >= 4 is 29.0 Å². The molecule has 2 atom stereocenters. The molecule has 2 heterocycles. The first-order valence-electron chi connectivity index (χ1n) is 16.3. The van der Waals surface area contributed by atoms with E-state index in [1.54, 1.807) is 18.5 Å². The van der Waals surface area contributed by atoms with Gasteiger partial charge in [0.1, 0.15) is 11.8 Å². The summed E-state index contributed by atoms with van der Waals surface area (Å²) in [5.41, 5.74) is 5.67. The highest BCUT2D eigenvalue weighted by Gasteiger charge is 2.27. The third-order valence-electron chi connectivity index (χ3n) is 8.21. The Hall–Kier alpha value is -5.15. The average Bonchev–Trinajstić information content (AvgIpc) is 3.61. The molecule has 5 aromatic rings. The average molecular weight is 676 g/mol. The van der Waals surface area contributed by atoms with Gasteiger partial charge in [0, 0.05) is 40.7 Å². The van der Waals surface area contributed by atoms with Gasteiger partial charge in [0.05, 0.1) is 11.5 Å². The summed E-state index contributed by atoms with van der Waals surface area (Å²) >= 11 is 1.43. The molecular formula is C40H41N3O5S. The van der Waals surface area contributed by atoms with Gasteiger partial charge >= 0.3 is 5.97 Å². The fourth-order valence-corrected chi connectivity index (χ4v) is 6.34. The highest BCUT2D eigenvalue weighted by Crippen LogP contribution is 2.31. The van der Waals surface area contributed by atoms with Gasteiger partial charge in [0.2, 0.25) is 5.91 Å². The van der Waals surface area contributed by atoms with Crippen molar-refractivity contribution in [2.45, 2.75) is 58.9 Å². The maximum absolute atomic E-state index is 13.3. The number of ether oxygens (including phenoxy) is 1. The summed E-state index contributed by atoms with van der Waals surface area (Å²) in [5, 5.41) is 11.9. The number of carbonyl (C=O) groups is 3. The SMILES string of the molecule is CCOc1ccc(-c2ccc(-c3cnc(-c4ccc(C[C@H](CC(=O)c5ccc(C(C)(C)C)s5)C(=O)N[C@H](C)C(=O)O)cc4)nc3)cc2)cc1. The predicted molar refractivity (Wildman–Crippen MR) is 194 cm³/mol. The second-order valence-electron chi connectivity index (χ2n) is 13.0. The number of ketones is 1. The minimum absolute atomic E-state index is 0.0320. The van der Waals surface area contributed by atoms with Crippen molar-refractivity contribution in [3.63, 3.8) is 0 Å². The zero-order valence-electron chi connectivity index (χ0n) is 28.4. The van der Waals surface area contributed by atoms with Crippen LogP contribution in [0.3, 0.4) is 0 Å². The maximum atomic E-state index is 13.3. The van der Waals surface area contributed by atoms with Crippen LogP contribution >= 0.6 is 11.3 Å². The maximum Gasteiger partial charge on any atom is 0.325 e. The normalized spacial score (nSPS) is 12.6. The van der Waals surface area contributed by atoms with E-state index in [2.05, 4.69) is 60.3 Å². The summed E-state index contributed by atoms with van der Waals surface area (Å²) in [7, 11) is 0. The van der Waals surface area contributed by atoms with Crippen molar-refractivity contribution in [2.24, 2.45) is 5.92 Å². The summed E-state index contributed by atoms with van der Waals surface area (Å²) < 4.78 is 5.54. The number of aliphatic carboxylic acids is 1. The zero-order chi connectivity index (χ0) is 35.1. The molecule has 0 spiro atoms. The largest absolute Gasteiger partial charge is 0.494 e. The number of hydrogen-bond donors (Lipinski definition) is 2. The van der Waals surface area contributed by atoms with Crippen molar-refractivity contribution in [1.82, 2.24) is 15.3 Å².